The molecular weight excluding hydrogens is 410 g/mol. The van der Waals surface area contributed by atoms with Gasteiger partial charge in [0, 0.05) is 12.6 Å². The lowest BCUT2D eigenvalue weighted by Crippen LogP contribution is -2.52. The van der Waals surface area contributed by atoms with E-state index in [0.717, 1.165) is 12.8 Å². The second-order valence-electron chi connectivity index (χ2n) is 9.27. The van der Waals surface area contributed by atoms with E-state index in [1.54, 1.807) is 39.8 Å². The minimum absolute atomic E-state index is 0.00531. The van der Waals surface area contributed by atoms with Crippen LogP contribution < -0.4 is 10.6 Å². The summed E-state index contributed by atoms with van der Waals surface area (Å²) in [6.45, 7) is 12.9. The molecule has 3 N–H and O–H groups in total. The zero-order valence-corrected chi connectivity index (χ0v) is 20.4. The van der Waals surface area contributed by atoms with Crippen molar-refractivity contribution in [3.63, 3.8) is 0 Å². The molecule has 180 valence electrons. The van der Waals surface area contributed by atoms with Crippen LogP contribution in [-0.4, -0.2) is 52.1 Å². The number of alkyl carbamates (subject to hydrolysis) is 1. The SMILES string of the molecule is CCCCCN(C(=O)C(C)NC(=O)OC(C)(C)C)C(C(=O)NC(C)C)c1cccc(O)c1. The molecule has 0 aliphatic heterocycles. The molecular formula is C24H39N3O5. The highest BCUT2D eigenvalue weighted by molar-refractivity contribution is 5.92. The fourth-order valence-electron chi connectivity index (χ4n) is 3.22. The van der Waals surface area contributed by atoms with Crippen LogP contribution in [0.15, 0.2) is 24.3 Å². The molecule has 0 radical (unpaired) electrons. The molecule has 0 saturated carbocycles. The Bertz CT molecular complexity index is 773. The molecule has 1 aromatic rings. The standard InChI is InChI=1S/C24H39N3O5/c1-8-9-10-14-27(22(30)17(4)26-23(31)32-24(5,6)7)20(21(29)25-16(2)3)18-12-11-13-19(28)15-18/h11-13,15-17,20,28H,8-10,14H2,1-7H3,(H,25,29)(H,26,31). The quantitative estimate of drug-likeness (QED) is 0.470. The van der Waals surface area contributed by atoms with E-state index in [1.165, 1.54) is 17.0 Å². The van der Waals surface area contributed by atoms with E-state index >= 15 is 0 Å². The first kappa shape index (κ1) is 27.3. The van der Waals surface area contributed by atoms with Crippen molar-refractivity contribution in [3.05, 3.63) is 29.8 Å². The smallest absolute Gasteiger partial charge is 0.408 e. The number of aromatic hydroxyl groups is 1. The largest absolute Gasteiger partial charge is 0.508 e. The molecule has 0 aliphatic rings. The van der Waals surface area contributed by atoms with Gasteiger partial charge >= 0.3 is 6.09 Å². The van der Waals surface area contributed by atoms with Crippen molar-refractivity contribution in [3.8, 4) is 5.75 Å². The van der Waals surface area contributed by atoms with E-state index in [0.29, 0.717) is 18.5 Å². The van der Waals surface area contributed by atoms with Crippen LogP contribution in [0.3, 0.4) is 0 Å². The Morgan fingerprint density at radius 3 is 2.28 bits per heavy atom. The summed E-state index contributed by atoms with van der Waals surface area (Å²) in [6, 6.07) is 4.35. The summed E-state index contributed by atoms with van der Waals surface area (Å²) < 4.78 is 5.26. The van der Waals surface area contributed by atoms with Crippen LogP contribution >= 0.6 is 0 Å². The van der Waals surface area contributed by atoms with Crippen molar-refractivity contribution in [1.29, 1.82) is 0 Å². The Balaban J connectivity index is 3.27. The van der Waals surface area contributed by atoms with Crippen LogP contribution in [-0.2, 0) is 14.3 Å². The third-order valence-corrected chi connectivity index (χ3v) is 4.57. The van der Waals surface area contributed by atoms with Gasteiger partial charge in [0.25, 0.3) is 0 Å². The van der Waals surface area contributed by atoms with Gasteiger partial charge in [-0.15, -0.1) is 0 Å². The highest BCUT2D eigenvalue weighted by atomic mass is 16.6. The number of unbranched alkanes of at least 4 members (excludes halogenated alkanes) is 2. The van der Waals surface area contributed by atoms with E-state index < -0.39 is 29.7 Å². The third-order valence-electron chi connectivity index (χ3n) is 4.57. The van der Waals surface area contributed by atoms with Crippen LogP contribution in [0, 0.1) is 0 Å². The van der Waals surface area contributed by atoms with E-state index in [2.05, 4.69) is 17.6 Å². The van der Waals surface area contributed by atoms with Crippen LogP contribution in [0.4, 0.5) is 4.79 Å². The van der Waals surface area contributed by atoms with Gasteiger partial charge in [0.15, 0.2) is 0 Å². The summed E-state index contributed by atoms with van der Waals surface area (Å²) in [7, 11) is 0. The van der Waals surface area contributed by atoms with E-state index in [4.69, 9.17) is 4.74 Å². The molecule has 0 bridgehead atoms. The summed E-state index contributed by atoms with van der Waals surface area (Å²) in [5.74, 6) is -0.745. The number of phenols is 1. The van der Waals surface area contributed by atoms with Gasteiger partial charge in [-0.25, -0.2) is 4.79 Å². The van der Waals surface area contributed by atoms with Gasteiger partial charge in [-0.3, -0.25) is 9.59 Å². The summed E-state index contributed by atoms with van der Waals surface area (Å²) in [5, 5.41) is 15.4. The van der Waals surface area contributed by atoms with Crippen molar-refractivity contribution in [2.75, 3.05) is 6.54 Å². The van der Waals surface area contributed by atoms with Crippen molar-refractivity contribution in [2.24, 2.45) is 0 Å². The number of carbonyl (C=O) groups excluding carboxylic acids is 3. The summed E-state index contributed by atoms with van der Waals surface area (Å²) in [6.07, 6.45) is 1.83. The topological polar surface area (TPSA) is 108 Å². The number of benzene rings is 1. The fourth-order valence-corrected chi connectivity index (χ4v) is 3.22. The highest BCUT2D eigenvalue weighted by Crippen LogP contribution is 2.26. The summed E-state index contributed by atoms with van der Waals surface area (Å²) >= 11 is 0. The maximum absolute atomic E-state index is 13.4. The normalized spacial score (nSPS) is 13.2. The van der Waals surface area contributed by atoms with Gasteiger partial charge in [-0.1, -0.05) is 31.9 Å². The Kier molecular flexibility index (Phi) is 10.5. The molecule has 3 amide bonds. The lowest BCUT2D eigenvalue weighted by atomic mass is 10.0. The lowest BCUT2D eigenvalue weighted by molar-refractivity contribution is -0.142. The minimum atomic E-state index is -0.947. The van der Waals surface area contributed by atoms with Gasteiger partial charge in [0.2, 0.25) is 11.8 Å². The van der Waals surface area contributed by atoms with Gasteiger partial charge in [-0.05, 0) is 65.7 Å². The average Bonchev–Trinajstić information content (AvgIpc) is 2.64. The zero-order valence-electron chi connectivity index (χ0n) is 20.4. The molecule has 1 rings (SSSR count). The second kappa shape index (κ2) is 12.3. The third kappa shape index (κ3) is 9.16. The van der Waals surface area contributed by atoms with E-state index in [9.17, 15) is 19.5 Å². The van der Waals surface area contributed by atoms with Crippen molar-refractivity contribution >= 4 is 17.9 Å². The van der Waals surface area contributed by atoms with Gasteiger partial charge in [0.05, 0.1) is 0 Å². The molecule has 0 saturated heterocycles. The molecule has 2 atom stereocenters. The molecule has 0 fully saturated rings. The first-order valence-corrected chi connectivity index (χ1v) is 11.2. The number of phenolic OH excluding ortho intramolecular Hbond substituents is 1. The van der Waals surface area contributed by atoms with Crippen molar-refractivity contribution in [2.45, 2.75) is 91.5 Å². The number of nitrogens with one attached hydrogen (secondary N) is 2. The minimum Gasteiger partial charge on any atom is -0.508 e. The Hall–Kier alpha value is -2.77. The predicted molar refractivity (Wildman–Crippen MR) is 124 cm³/mol. The lowest BCUT2D eigenvalue weighted by Gasteiger charge is -2.34. The number of hydrogen-bond acceptors (Lipinski definition) is 5. The molecule has 1 aromatic carbocycles. The van der Waals surface area contributed by atoms with Gasteiger partial charge in [0.1, 0.15) is 23.4 Å². The monoisotopic (exact) mass is 449 g/mol. The first-order chi connectivity index (χ1) is 14.9. The Labute approximate surface area is 191 Å². The van der Waals surface area contributed by atoms with Crippen LogP contribution in [0.1, 0.15) is 79.3 Å². The molecule has 0 aliphatic carbocycles. The van der Waals surface area contributed by atoms with Crippen LogP contribution in [0.5, 0.6) is 5.75 Å². The van der Waals surface area contributed by atoms with E-state index in [1.807, 2.05) is 13.8 Å². The van der Waals surface area contributed by atoms with Crippen molar-refractivity contribution in [1.82, 2.24) is 15.5 Å². The Morgan fingerprint density at radius 1 is 1.09 bits per heavy atom. The average molecular weight is 450 g/mol. The summed E-state index contributed by atoms with van der Waals surface area (Å²) in [5.41, 5.74) is -0.202. The molecule has 2 unspecified atom stereocenters. The molecule has 0 spiro atoms. The fraction of sp³-hybridized carbons (Fsp3) is 0.625. The van der Waals surface area contributed by atoms with Gasteiger partial charge in [-0.2, -0.15) is 0 Å². The molecule has 0 aromatic heterocycles. The van der Waals surface area contributed by atoms with Crippen LogP contribution in [0.25, 0.3) is 0 Å². The molecule has 8 heteroatoms. The van der Waals surface area contributed by atoms with Crippen LogP contribution in [0.2, 0.25) is 0 Å². The maximum atomic E-state index is 13.4. The molecule has 8 nitrogen and oxygen atoms in total. The molecule has 32 heavy (non-hydrogen) atoms. The van der Waals surface area contributed by atoms with Gasteiger partial charge < -0.3 is 25.4 Å². The number of ether oxygens (including phenoxy) is 1. The molecule has 0 heterocycles. The summed E-state index contributed by atoms with van der Waals surface area (Å²) in [4.78, 5) is 40.3. The van der Waals surface area contributed by atoms with Crippen molar-refractivity contribution < 1.29 is 24.2 Å². The highest BCUT2D eigenvalue weighted by Gasteiger charge is 2.34. The number of rotatable bonds is 10. The van der Waals surface area contributed by atoms with E-state index in [-0.39, 0.29) is 17.7 Å². The second-order valence-corrected chi connectivity index (χ2v) is 9.27. The number of nitrogens with zero attached hydrogens (tertiary/aromatic N) is 1. The number of amides is 3. The maximum Gasteiger partial charge on any atom is 0.408 e. The number of hydrogen-bond donors (Lipinski definition) is 3. The predicted octanol–water partition coefficient (Wildman–Crippen LogP) is 3.89. The zero-order chi connectivity index (χ0) is 24.5. The first-order valence-electron chi connectivity index (χ1n) is 11.2. The number of carbonyl (C=O) groups is 3. The Morgan fingerprint density at radius 2 is 1.75 bits per heavy atom.